The van der Waals surface area contributed by atoms with E-state index >= 15 is 0 Å². The Hall–Kier alpha value is -0.650. The summed E-state index contributed by atoms with van der Waals surface area (Å²) in [6.07, 6.45) is 3.88. The number of rotatable bonds is 3. The molecule has 3 unspecified atom stereocenters. The predicted molar refractivity (Wildman–Crippen MR) is 68.3 cm³/mol. The molecule has 5 heteroatoms. The van der Waals surface area contributed by atoms with Gasteiger partial charge in [-0.2, -0.15) is 0 Å². The van der Waals surface area contributed by atoms with E-state index in [-0.39, 0.29) is 24.7 Å². The van der Waals surface area contributed by atoms with Gasteiger partial charge in [-0.1, -0.05) is 6.42 Å². The molecule has 0 spiro atoms. The summed E-state index contributed by atoms with van der Waals surface area (Å²) in [5.74, 6) is 0.183. The molecule has 104 valence electrons. The number of hydrogen-bond donors (Lipinski definition) is 2. The zero-order valence-corrected chi connectivity index (χ0v) is 11.1. The van der Waals surface area contributed by atoms with Crippen LogP contribution < -0.4 is 5.32 Å². The molecule has 0 aromatic carbocycles. The second-order valence-electron chi connectivity index (χ2n) is 5.40. The zero-order valence-electron chi connectivity index (χ0n) is 11.1. The molecule has 18 heavy (non-hydrogen) atoms. The number of ether oxygens (including phenoxy) is 1. The van der Waals surface area contributed by atoms with Crippen molar-refractivity contribution in [3.8, 4) is 0 Å². The quantitative estimate of drug-likeness (QED) is 0.753. The number of aliphatic hydroxyl groups excluding tert-OH is 1. The normalized spacial score (nSPS) is 33.4. The first-order chi connectivity index (χ1) is 8.69. The van der Waals surface area contributed by atoms with Crippen molar-refractivity contribution in [2.75, 3.05) is 26.2 Å². The maximum atomic E-state index is 12.2. The Labute approximate surface area is 108 Å². The lowest BCUT2D eigenvalue weighted by molar-refractivity contribution is -0.147. The number of nitrogens with one attached hydrogen (secondary N) is 1. The summed E-state index contributed by atoms with van der Waals surface area (Å²) in [5, 5.41) is 12.6. The Morgan fingerprint density at radius 3 is 2.94 bits per heavy atom. The van der Waals surface area contributed by atoms with Crippen LogP contribution in [0.15, 0.2) is 0 Å². The average Bonchev–Trinajstić information content (AvgIpc) is 2.39. The summed E-state index contributed by atoms with van der Waals surface area (Å²) in [5.41, 5.74) is 0. The van der Waals surface area contributed by atoms with Crippen molar-refractivity contribution in [2.24, 2.45) is 0 Å². The van der Waals surface area contributed by atoms with E-state index in [2.05, 4.69) is 5.32 Å². The van der Waals surface area contributed by atoms with Crippen LogP contribution in [-0.2, 0) is 9.53 Å². The Bertz CT molecular complexity index is 279. The molecule has 2 aliphatic heterocycles. The molecule has 2 saturated heterocycles. The molecular weight excluding hydrogens is 232 g/mol. The Kier molecular flexibility index (Phi) is 4.97. The van der Waals surface area contributed by atoms with Crippen molar-refractivity contribution in [1.29, 1.82) is 0 Å². The Morgan fingerprint density at radius 1 is 1.44 bits per heavy atom. The van der Waals surface area contributed by atoms with Gasteiger partial charge in [0.15, 0.2) is 0 Å². The molecule has 2 heterocycles. The van der Waals surface area contributed by atoms with E-state index < -0.39 is 0 Å². The largest absolute Gasteiger partial charge is 0.394 e. The van der Waals surface area contributed by atoms with Gasteiger partial charge in [0.2, 0.25) is 5.91 Å². The number of morpholine rings is 1. The fourth-order valence-electron chi connectivity index (χ4n) is 2.79. The molecule has 0 radical (unpaired) electrons. The lowest BCUT2D eigenvalue weighted by Gasteiger charge is -2.37. The standard InChI is InChI=1S/C13H24N2O3/c1-10-7-15(8-12(9-16)18-10)13(17)6-11-4-2-3-5-14-11/h10-12,14,16H,2-9H2,1H3. The number of aliphatic hydroxyl groups is 1. The number of amides is 1. The van der Waals surface area contributed by atoms with E-state index in [9.17, 15) is 4.79 Å². The summed E-state index contributed by atoms with van der Waals surface area (Å²) in [6, 6.07) is 0.331. The number of carbonyl (C=O) groups is 1. The van der Waals surface area contributed by atoms with E-state index in [1.807, 2.05) is 11.8 Å². The molecule has 0 saturated carbocycles. The maximum Gasteiger partial charge on any atom is 0.224 e. The van der Waals surface area contributed by atoms with Crippen molar-refractivity contribution >= 4 is 5.91 Å². The van der Waals surface area contributed by atoms with Gasteiger partial charge in [-0.3, -0.25) is 4.79 Å². The van der Waals surface area contributed by atoms with Crippen LogP contribution in [0.3, 0.4) is 0 Å². The lowest BCUT2D eigenvalue weighted by atomic mass is 10.0. The van der Waals surface area contributed by atoms with Crippen molar-refractivity contribution in [2.45, 2.75) is 50.9 Å². The zero-order chi connectivity index (χ0) is 13.0. The highest BCUT2D eigenvalue weighted by atomic mass is 16.5. The molecule has 0 bridgehead atoms. The number of carbonyl (C=O) groups excluding carboxylic acids is 1. The third-order valence-electron chi connectivity index (χ3n) is 3.72. The van der Waals surface area contributed by atoms with E-state index in [1.165, 1.54) is 12.8 Å². The summed E-state index contributed by atoms with van der Waals surface area (Å²) in [6.45, 7) is 4.11. The maximum absolute atomic E-state index is 12.2. The van der Waals surface area contributed by atoms with E-state index in [0.29, 0.717) is 25.6 Å². The van der Waals surface area contributed by atoms with Crippen LogP contribution in [0.2, 0.25) is 0 Å². The fourth-order valence-corrected chi connectivity index (χ4v) is 2.79. The van der Waals surface area contributed by atoms with Gasteiger partial charge in [0.05, 0.1) is 18.8 Å². The van der Waals surface area contributed by atoms with Gasteiger partial charge < -0.3 is 20.1 Å². The Balaban J connectivity index is 1.83. The molecular formula is C13H24N2O3. The molecule has 2 aliphatic rings. The number of piperidine rings is 1. The Morgan fingerprint density at radius 2 is 2.28 bits per heavy atom. The molecule has 2 rings (SSSR count). The summed E-state index contributed by atoms with van der Waals surface area (Å²) >= 11 is 0. The molecule has 5 nitrogen and oxygen atoms in total. The third-order valence-corrected chi connectivity index (χ3v) is 3.72. The van der Waals surface area contributed by atoms with Crippen molar-refractivity contribution in [3.05, 3.63) is 0 Å². The molecule has 1 amide bonds. The minimum Gasteiger partial charge on any atom is -0.394 e. The van der Waals surface area contributed by atoms with Crippen LogP contribution in [0, 0.1) is 0 Å². The first kappa shape index (κ1) is 13.8. The minimum atomic E-state index is -0.225. The van der Waals surface area contributed by atoms with Gasteiger partial charge in [0.25, 0.3) is 0 Å². The molecule has 2 N–H and O–H groups in total. The SMILES string of the molecule is CC1CN(C(=O)CC2CCCCN2)CC(CO)O1. The van der Waals surface area contributed by atoms with Gasteiger partial charge in [-0.15, -0.1) is 0 Å². The minimum absolute atomic E-state index is 0.0131. The van der Waals surface area contributed by atoms with Crippen molar-refractivity contribution in [1.82, 2.24) is 10.2 Å². The van der Waals surface area contributed by atoms with Gasteiger partial charge in [0.1, 0.15) is 0 Å². The molecule has 3 atom stereocenters. The highest BCUT2D eigenvalue weighted by Gasteiger charge is 2.29. The van der Waals surface area contributed by atoms with Gasteiger partial charge in [0, 0.05) is 25.6 Å². The van der Waals surface area contributed by atoms with Crippen LogP contribution in [0.5, 0.6) is 0 Å². The average molecular weight is 256 g/mol. The highest BCUT2D eigenvalue weighted by Crippen LogP contribution is 2.15. The van der Waals surface area contributed by atoms with Crippen molar-refractivity contribution < 1.29 is 14.6 Å². The predicted octanol–water partition coefficient (Wildman–Crippen LogP) is 0.127. The third kappa shape index (κ3) is 3.67. The second kappa shape index (κ2) is 6.50. The van der Waals surface area contributed by atoms with Crippen LogP contribution in [0.25, 0.3) is 0 Å². The molecule has 2 fully saturated rings. The van der Waals surface area contributed by atoms with Crippen LogP contribution in [0.4, 0.5) is 0 Å². The van der Waals surface area contributed by atoms with E-state index in [1.54, 1.807) is 0 Å². The second-order valence-corrected chi connectivity index (χ2v) is 5.40. The molecule has 0 aromatic rings. The molecule has 0 aliphatic carbocycles. The number of nitrogens with zero attached hydrogens (tertiary/aromatic N) is 1. The van der Waals surface area contributed by atoms with Gasteiger partial charge in [-0.25, -0.2) is 0 Å². The van der Waals surface area contributed by atoms with Crippen molar-refractivity contribution in [3.63, 3.8) is 0 Å². The van der Waals surface area contributed by atoms with Crippen LogP contribution >= 0.6 is 0 Å². The summed E-state index contributed by atoms with van der Waals surface area (Å²) < 4.78 is 5.55. The first-order valence-electron chi connectivity index (χ1n) is 6.96. The first-order valence-corrected chi connectivity index (χ1v) is 6.96. The highest BCUT2D eigenvalue weighted by molar-refractivity contribution is 5.77. The molecule has 0 aromatic heterocycles. The lowest BCUT2D eigenvalue weighted by Crippen LogP contribution is -2.51. The fraction of sp³-hybridized carbons (Fsp3) is 0.923. The van der Waals surface area contributed by atoms with Gasteiger partial charge in [-0.05, 0) is 26.3 Å². The smallest absolute Gasteiger partial charge is 0.224 e. The van der Waals surface area contributed by atoms with Crippen LogP contribution in [0.1, 0.15) is 32.6 Å². The number of hydrogen-bond acceptors (Lipinski definition) is 4. The summed E-state index contributed by atoms with van der Waals surface area (Å²) in [7, 11) is 0. The van der Waals surface area contributed by atoms with E-state index in [0.717, 1.165) is 13.0 Å². The topological polar surface area (TPSA) is 61.8 Å². The van der Waals surface area contributed by atoms with E-state index in [4.69, 9.17) is 9.84 Å². The van der Waals surface area contributed by atoms with Crippen LogP contribution in [-0.4, -0.2) is 60.4 Å². The summed E-state index contributed by atoms with van der Waals surface area (Å²) in [4.78, 5) is 14.1. The van der Waals surface area contributed by atoms with Gasteiger partial charge >= 0.3 is 0 Å². The monoisotopic (exact) mass is 256 g/mol.